The van der Waals surface area contributed by atoms with E-state index in [-0.39, 0.29) is 25.9 Å². The van der Waals surface area contributed by atoms with Crippen LogP contribution in [0.15, 0.2) is 60.8 Å². The van der Waals surface area contributed by atoms with E-state index in [4.69, 9.17) is 23.7 Å². The zero-order valence-corrected chi connectivity index (χ0v) is 46.1. The largest absolute Gasteiger partial charge is 0.479 e. The number of aliphatic hydroxyl groups excluding tert-OH is 2. The van der Waals surface area contributed by atoms with Crippen molar-refractivity contribution < 1.29 is 58.2 Å². The molecule has 12 heteroatoms. The molecule has 6 unspecified atom stereocenters. The number of carboxylic acids is 1. The number of aliphatic hydroxyl groups is 2. The minimum atomic E-state index is -1.91. The number of rotatable bonds is 49. The van der Waals surface area contributed by atoms with E-state index in [1.54, 1.807) is 0 Å². The van der Waals surface area contributed by atoms with Gasteiger partial charge < -0.3 is 39.0 Å². The third kappa shape index (κ3) is 39.5. The number of unbranched alkanes of at least 4 members (excludes halogenated alkanes) is 25. The van der Waals surface area contributed by atoms with Crippen molar-refractivity contribution in [2.45, 2.75) is 289 Å². The van der Waals surface area contributed by atoms with E-state index in [0.29, 0.717) is 25.7 Å². The van der Waals surface area contributed by atoms with Gasteiger partial charge in [0.2, 0.25) is 0 Å². The first-order chi connectivity index (χ1) is 35.6. The first-order valence-corrected chi connectivity index (χ1v) is 29.3. The van der Waals surface area contributed by atoms with Crippen LogP contribution in [0.5, 0.6) is 0 Å². The van der Waals surface area contributed by atoms with Crippen molar-refractivity contribution >= 4 is 23.9 Å². The maximum absolute atomic E-state index is 13.1. The molecule has 0 aromatic carbocycles. The average Bonchev–Trinajstić information content (AvgIpc) is 3.37. The second-order valence-electron chi connectivity index (χ2n) is 19.9. The van der Waals surface area contributed by atoms with E-state index in [0.717, 1.165) is 77.0 Å². The molecule has 0 radical (unpaired) electrons. The highest BCUT2D eigenvalue weighted by Gasteiger charge is 2.50. The first-order valence-electron chi connectivity index (χ1n) is 29.3. The number of carbonyl (C=O) groups excluding carboxylic acids is 3. The minimum Gasteiger partial charge on any atom is -0.479 e. The van der Waals surface area contributed by atoms with E-state index >= 15 is 0 Å². The molecule has 3 N–H and O–H groups in total. The zero-order valence-electron chi connectivity index (χ0n) is 46.1. The van der Waals surface area contributed by atoms with Crippen molar-refractivity contribution in [2.24, 2.45) is 0 Å². The summed E-state index contributed by atoms with van der Waals surface area (Å²) in [5.74, 6) is -3.23. The van der Waals surface area contributed by atoms with Crippen LogP contribution < -0.4 is 0 Å². The van der Waals surface area contributed by atoms with Crippen LogP contribution in [-0.4, -0.2) is 89.2 Å². The number of carbonyl (C=O) groups is 4. The van der Waals surface area contributed by atoms with Gasteiger partial charge in [0, 0.05) is 19.3 Å². The van der Waals surface area contributed by atoms with Crippen LogP contribution in [0.2, 0.25) is 0 Å². The average molecular weight is 1030 g/mol. The van der Waals surface area contributed by atoms with Crippen LogP contribution in [0.1, 0.15) is 252 Å². The van der Waals surface area contributed by atoms with Gasteiger partial charge in [0.05, 0.1) is 6.61 Å². The molecule has 0 amide bonds. The lowest BCUT2D eigenvalue weighted by atomic mass is 9.98. The SMILES string of the molecule is CC/C=C\C/C=C\C/C=C\C/C=C\CCC(=O)OC(COC(=O)CCCCCCCCCCCCCCCCCCCCC)COC1OC(C(=O)O)C(O)C(O)C1OC(=O)CCCCCCC/C=C\CCCC. The molecule has 0 bridgehead atoms. The molecule has 0 saturated carbocycles. The number of carboxylic acid groups (broad SMARTS) is 1. The Morgan fingerprint density at radius 3 is 1.41 bits per heavy atom. The fraction of sp³-hybridized carbons (Fsp3) is 0.770. The van der Waals surface area contributed by atoms with E-state index in [1.807, 2.05) is 12.2 Å². The molecule has 0 aromatic heterocycles. The molecule has 1 aliphatic heterocycles. The predicted molar refractivity (Wildman–Crippen MR) is 294 cm³/mol. The van der Waals surface area contributed by atoms with Crippen LogP contribution in [-0.2, 0) is 42.9 Å². The third-order valence-corrected chi connectivity index (χ3v) is 13.1. The van der Waals surface area contributed by atoms with Gasteiger partial charge in [-0.25, -0.2) is 4.79 Å². The smallest absolute Gasteiger partial charge is 0.335 e. The van der Waals surface area contributed by atoms with Gasteiger partial charge in [-0.05, 0) is 64.2 Å². The lowest BCUT2D eigenvalue weighted by Gasteiger charge is -2.40. The Bertz CT molecular complexity index is 1500. The highest BCUT2D eigenvalue weighted by atomic mass is 16.7. The Kier molecular flexibility index (Phi) is 45.5. The standard InChI is InChI=1S/C61H104O12/c1-4-7-10-13-16-19-22-24-25-26-27-28-29-31-33-35-38-41-44-47-53(62)69-50-52(71-54(63)48-45-42-39-37-34-30-23-20-17-14-11-8-5-2)51-70-61-59(57(66)56(65)58(73-61)60(67)68)72-55(64)49-46-43-40-36-32-21-18-15-12-9-6-3/h8,11,15,17-18,20,30,34,39,42,52,56-59,61,65-66H,4-7,9-10,12-14,16,19,21-29,31-33,35-38,40-41,43-51H2,1-3H3,(H,67,68)/b11-8-,18-15-,20-17-,34-30-,42-39-. The van der Waals surface area contributed by atoms with Crippen LogP contribution in [0.25, 0.3) is 0 Å². The minimum absolute atomic E-state index is 0.0420. The summed E-state index contributed by atoms with van der Waals surface area (Å²) in [6.07, 6.45) is 48.0. The normalized spacial score (nSPS) is 18.7. The zero-order chi connectivity index (χ0) is 53.3. The van der Waals surface area contributed by atoms with Gasteiger partial charge in [0.25, 0.3) is 0 Å². The molecule has 12 nitrogen and oxygen atoms in total. The molecule has 6 atom stereocenters. The van der Waals surface area contributed by atoms with E-state index < -0.39 is 67.3 Å². The maximum atomic E-state index is 13.1. The topological polar surface area (TPSA) is 175 Å². The molecule has 0 aliphatic carbocycles. The van der Waals surface area contributed by atoms with E-state index in [2.05, 4.69) is 69.4 Å². The number of hydrogen-bond donors (Lipinski definition) is 3. The van der Waals surface area contributed by atoms with Crippen LogP contribution in [0, 0.1) is 0 Å². The van der Waals surface area contributed by atoms with Gasteiger partial charge in [0.15, 0.2) is 24.6 Å². The fourth-order valence-electron chi connectivity index (χ4n) is 8.60. The van der Waals surface area contributed by atoms with Crippen molar-refractivity contribution in [3.05, 3.63) is 60.8 Å². The highest BCUT2D eigenvalue weighted by molar-refractivity contribution is 5.74. The number of ether oxygens (including phenoxy) is 5. The van der Waals surface area contributed by atoms with Crippen LogP contribution >= 0.6 is 0 Å². The number of esters is 3. The fourth-order valence-corrected chi connectivity index (χ4v) is 8.60. The third-order valence-electron chi connectivity index (χ3n) is 13.1. The monoisotopic (exact) mass is 1030 g/mol. The molecule has 1 aliphatic rings. The Balaban J connectivity index is 2.69. The van der Waals surface area contributed by atoms with E-state index in [9.17, 15) is 34.5 Å². The van der Waals surface area contributed by atoms with Crippen molar-refractivity contribution in [1.82, 2.24) is 0 Å². The van der Waals surface area contributed by atoms with Gasteiger partial charge in [-0.2, -0.15) is 0 Å². The van der Waals surface area contributed by atoms with Crippen LogP contribution in [0.3, 0.4) is 0 Å². The highest BCUT2D eigenvalue weighted by Crippen LogP contribution is 2.26. The van der Waals surface area contributed by atoms with Gasteiger partial charge in [-0.1, -0.05) is 229 Å². The number of aliphatic carboxylic acids is 1. The lowest BCUT2D eigenvalue weighted by molar-refractivity contribution is -0.301. The van der Waals surface area contributed by atoms with Crippen molar-refractivity contribution in [3.63, 3.8) is 0 Å². The van der Waals surface area contributed by atoms with Crippen molar-refractivity contribution in [2.75, 3.05) is 13.2 Å². The predicted octanol–water partition coefficient (Wildman–Crippen LogP) is 14.8. The Morgan fingerprint density at radius 1 is 0.466 bits per heavy atom. The Labute approximate surface area is 443 Å². The number of hydrogen-bond acceptors (Lipinski definition) is 11. The molecule has 1 heterocycles. The summed E-state index contributed by atoms with van der Waals surface area (Å²) in [5, 5.41) is 31.4. The Hall–Kier alpha value is -3.58. The van der Waals surface area contributed by atoms with E-state index in [1.165, 1.54) is 109 Å². The molecule has 420 valence electrons. The van der Waals surface area contributed by atoms with Gasteiger partial charge in [-0.3, -0.25) is 14.4 Å². The summed E-state index contributed by atoms with van der Waals surface area (Å²) in [7, 11) is 0. The van der Waals surface area contributed by atoms with Gasteiger partial charge in [-0.15, -0.1) is 0 Å². The Morgan fingerprint density at radius 2 is 0.904 bits per heavy atom. The van der Waals surface area contributed by atoms with Crippen LogP contribution in [0.4, 0.5) is 0 Å². The molecule has 0 aromatic rings. The summed E-state index contributed by atoms with van der Waals surface area (Å²) >= 11 is 0. The summed E-state index contributed by atoms with van der Waals surface area (Å²) in [5.41, 5.74) is 0. The summed E-state index contributed by atoms with van der Waals surface area (Å²) in [6, 6.07) is 0. The summed E-state index contributed by atoms with van der Waals surface area (Å²) in [6.45, 7) is 5.77. The molecular formula is C61H104O12. The molecule has 73 heavy (non-hydrogen) atoms. The molecule has 1 fully saturated rings. The second-order valence-corrected chi connectivity index (χ2v) is 19.9. The molecule has 1 saturated heterocycles. The summed E-state index contributed by atoms with van der Waals surface area (Å²) < 4.78 is 28.3. The van der Waals surface area contributed by atoms with Gasteiger partial charge >= 0.3 is 23.9 Å². The van der Waals surface area contributed by atoms with Gasteiger partial charge in [0.1, 0.15) is 18.8 Å². The summed E-state index contributed by atoms with van der Waals surface area (Å²) in [4.78, 5) is 51.0. The molecular weight excluding hydrogens is 925 g/mol. The number of allylic oxidation sites excluding steroid dienone is 10. The second kappa shape index (κ2) is 49.3. The molecule has 1 rings (SSSR count). The lowest BCUT2D eigenvalue weighted by Crippen LogP contribution is -2.61. The molecule has 0 spiro atoms. The quantitative estimate of drug-likeness (QED) is 0.0228. The first kappa shape index (κ1) is 67.4. The van der Waals surface area contributed by atoms with Crippen molar-refractivity contribution in [1.29, 1.82) is 0 Å². The van der Waals surface area contributed by atoms with Crippen molar-refractivity contribution in [3.8, 4) is 0 Å². The maximum Gasteiger partial charge on any atom is 0.335 e.